The van der Waals surface area contributed by atoms with E-state index in [2.05, 4.69) is 5.32 Å². The molecule has 0 saturated heterocycles. The van der Waals surface area contributed by atoms with Gasteiger partial charge in [0.15, 0.2) is 0 Å². The molecule has 1 heterocycles. The van der Waals surface area contributed by atoms with E-state index in [9.17, 15) is 18.3 Å². The Hall–Kier alpha value is -2.32. The van der Waals surface area contributed by atoms with Gasteiger partial charge in [-0.2, -0.15) is 8.42 Å². The monoisotopic (exact) mass is 422 g/mol. The van der Waals surface area contributed by atoms with E-state index in [4.69, 9.17) is 4.42 Å². The standard InChI is InChI=1S/C21H30N2O5S/c1-12(2)15-9-8-10-16(13(3)4)19(15)22-20(24)23-29(26,27)18-11-17(14(5)28-18)21(6,7)25/h8-13,25H,1-7H3,(H2,22,23,24). The summed E-state index contributed by atoms with van der Waals surface area (Å²) in [5, 5.41) is 12.4. The Labute approximate surface area is 172 Å². The number of aliphatic hydroxyl groups is 1. The lowest BCUT2D eigenvalue weighted by Crippen LogP contribution is -2.34. The van der Waals surface area contributed by atoms with Gasteiger partial charge in [-0.25, -0.2) is 9.52 Å². The smallest absolute Gasteiger partial charge is 0.333 e. The van der Waals surface area contributed by atoms with Crippen LogP contribution in [-0.4, -0.2) is 19.6 Å². The summed E-state index contributed by atoms with van der Waals surface area (Å²) in [6.45, 7) is 12.6. The van der Waals surface area contributed by atoms with Crippen molar-refractivity contribution < 1.29 is 22.7 Å². The van der Waals surface area contributed by atoms with E-state index in [0.717, 1.165) is 11.1 Å². The molecule has 0 spiro atoms. The second-order valence-corrected chi connectivity index (χ2v) is 9.89. The van der Waals surface area contributed by atoms with E-state index < -0.39 is 26.7 Å². The van der Waals surface area contributed by atoms with Gasteiger partial charge >= 0.3 is 6.03 Å². The maximum Gasteiger partial charge on any atom is 0.333 e. The zero-order valence-electron chi connectivity index (χ0n) is 18.0. The molecule has 8 heteroatoms. The fourth-order valence-electron chi connectivity index (χ4n) is 3.20. The predicted molar refractivity (Wildman–Crippen MR) is 113 cm³/mol. The fourth-order valence-corrected chi connectivity index (χ4v) is 4.10. The van der Waals surface area contributed by atoms with Gasteiger partial charge in [0.2, 0.25) is 5.09 Å². The molecule has 1 aromatic carbocycles. The molecule has 7 nitrogen and oxygen atoms in total. The van der Waals surface area contributed by atoms with Gasteiger partial charge < -0.3 is 14.8 Å². The van der Waals surface area contributed by atoms with Crippen molar-refractivity contribution in [3.63, 3.8) is 0 Å². The minimum absolute atomic E-state index is 0.141. The fraction of sp³-hybridized carbons (Fsp3) is 0.476. The lowest BCUT2D eigenvalue weighted by molar-refractivity contribution is 0.0769. The molecule has 0 radical (unpaired) electrons. The molecule has 0 fully saturated rings. The van der Waals surface area contributed by atoms with E-state index in [1.54, 1.807) is 6.92 Å². The molecule has 0 bridgehead atoms. The first-order chi connectivity index (χ1) is 13.2. The number of furan rings is 1. The number of hydrogen-bond donors (Lipinski definition) is 3. The number of aryl methyl sites for hydroxylation is 1. The van der Waals surface area contributed by atoms with Crippen molar-refractivity contribution >= 4 is 21.7 Å². The van der Waals surface area contributed by atoms with Crippen molar-refractivity contribution in [1.29, 1.82) is 0 Å². The van der Waals surface area contributed by atoms with Gasteiger partial charge in [0.25, 0.3) is 10.0 Å². The Morgan fingerprint density at radius 1 is 1.10 bits per heavy atom. The first-order valence-corrected chi connectivity index (χ1v) is 11.0. The van der Waals surface area contributed by atoms with Gasteiger partial charge in [-0.3, -0.25) is 0 Å². The molecule has 0 aliphatic carbocycles. The Balaban J connectivity index is 2.32. The van der Waals surface area contributed by atoms with Crippen LogP contribution in [0, 0.1) is 6.92 Å². The van der Waals surface area contributed by atoms with Gasteiger partial charge in [0, 0.05) is 17.3 Å². The van der Waals surface area contributed by atoms with E-state index in [0.29, 0.717) is 11.3 Å². The average molecular weight is 423 g/mol. The zero-order chi connectivity index (χ0) is 22.1. The molecule has 1 aromatic heterocycles. The molecule has 0 aliphatic heterocycles. The molecular weight excluding hydrogens is 392 g/mol. The van der Waals surface area contributed by atoms with E-state index in [-0.39, 0.29) is 17.6 Å². The number of rotatable bonds is 6. The summed E-state index contributed by atoms with van der Waals surface area (Å²) in [5.74, 6) is 0.552. The maximum atomic E-state index is 12.6. The average Bonchev–Trinajstić information content (AvgIpc) is 2.97. The number of para-hydroxylation sites is 1. The van der Waals surface area contributed by atoms with Crippen LogP contribution < -0.4 is 10.0 Å². The summed E-state index contributed by atoms with van der Waals surface area (Å²) in [4.78, 5) is 12.5. The van der Waals surface area contributed by atoms with Crippen LogP contribution in [0.2, 0.25) is 0 Å². The van der Waals surface area contributed by atoms with Crippen molar-refractivity contribution in [2.45, 2.75) is 71.0 Å². The summed E-state index contributed by atoms with van der Waals surface area (Å²) in [6, 6.07) is 6.10. The Kier molecular flexibility index (Phi) is 6.49. The van der Waals surface area contributed by atoms with Crippen LogP contribution in [0.5, 0.6) is 0 Å². The van der Waals surface area contributed by atoms with Crippen LogP contribution in [0.3, 0.4) is 0 Å². The van der Waals surface area contributed by atoms with Gasteiger partial charge in [-0.15, -0.1) is 0 Å². The molecule has 2 amide bonds. The van der Waals surface area contributed by atoms with Crippen molar-refractivity contribution in [3.8, 4) is 0 Å². The van der Waals surface area contributed by atoms with Crippen molar-refractivity contribution in [2.24, 2.45) is 0 Å². The van der Waals surface area contributed by atoms with Crippen LogP contribution in [0.4, 0.5) is 10.5 Å². The van der Waals surface area contributed by atoms with Crippen molar-refractivity contribution in [1.82, 2.24) is 4.72 Å². The van der Waals surface area contributed by atoms with Crippen LogP contribution in [0.15, 0.2) is 33.8 Å². The number of sulfonamides is 1. The number of benzene rings is 1. The highest BCUT2D eigenvalue weighted by Gasteiger charge is 2.29. The number of urea groups is 1. The summed E-state index contributed by atoms with van der Waals surface area (Å²) in [6.07, 6.45) is 0. The predicted octanol–water partition coefficient (Wildman–Crippen LogP) is 4.57. The SMILES string of the molecule is Cc1oc(S(=O)(=O)NC(=O)Nc2c(C(C)C)cccc2C(C)C)cc1C(C)(C)O. The lowest BCUT2D eigenvalue weighted by atomic mass is 9.93. The summed E-state index contributed by atoms with van der Waals surface area (Å²) >= 11 is 0. The molecule has 0 saturated carbocycles. The third-order valence-electron chi connectivity index (χ3n) is 4.66. The lowest BCUT2D eigenvalue weighted by Gasteiger charge is -2.20. The molecule has 160 valence electrons. The zero-order valence-corrected chi connectivity index (χ0v) is 18.8. The third kappa shape index (κ3) is 5.19. The second-order valence-electron chi connectivity index (χ2n) is 8.27. The summed E-state index contributed by atoms with van der Waals surface area (Å²) < 4.78 is 32.5. The number of amides is 2. The number of nitrogens with one attached hydrogen (secondary N) is 2. The van der Waals surface area contributed by atoms with E-state index in [1.165, 1.54) is 19.9 Å². The molecule has 2 aromatic rings. The highest BCUT2D eigenvalue weighted by molar-refractivity contribution is 7.89. The summed E-state index contributed by atoms with van der Waals surface area (Å²) in [5.41, 5.74) is 1.51. The van der Waals surface area contributed by atoms with Gasteiger partial charge in [-0.05, 0) is 43.7 Å². The number of anilines is 1. The largest absolute Gasteiger partial charge is 0.448 e. The van der Waals surface area contributed by atoms with E-state index >= 15 is 0 Å². The highest BCUT2D eigenvalue weighted by atomic mass is 32.2. The van der Waals surface area contributed by atoms with Crippen LogP contribution in [0.1, 0.15) is 75.8 Å². The quantitative estimate of drug-likeness (QED) is 0.632. The molecule has 0 unspecified atom stereocenters. The topological polar surface area (TPSA) is 109 Å². The van der Waals surface area contributed by atoms with Gasteiger partial charge in [0.1, 0.15) is 5.76 Å². The van der Waals surface area contributed by atoms with E-state index in [1.807, 2.05) is 50.6 Å². The normalized spacial score (nSPS) is 12.5. The second kappa shape index (κ2) is 8.20. The Morgan fingerprint density at radius 2 is 1.62 bits per heavy atom. The minimum Gasteiger partial charge on any atom is -0.448 e. The third-order valence-corrected chi connectivity index (χ3v) is 5.84. The van der Waals surface area contributed by atoms with Gasteiger partial charge in [0.05, 0.1) is 5.60 Å². The van der Waals surface area contributed by atoms with Crippen LogP contribution in [0.25, 0.3) is 0 Å². The minimum atomic E-state index is -4.25. The van der Waals surface area contributed by atoms with Crippen LogP contribution >= 0.6 is 0 Å². The molecule has 0 atom stereocenters. The maximum absolute atomic E-state index is 12.6. The first kappa shape index (κ1) is 23.0. The van der Waals surface area contributed by atoms with Crippen molar-refractivity contribution in [3.05, 3.63) is 46.7 Å². The molecule has 2 rings (SSSR count). The number of carbonyl (C=O) groups is 1. The Morgan fingerprint density at radius 3 is 2.03 bits per heavy atom. The molecule has 0 aliphatic rings. The summed E-state index contributed by atoms with van der Waals surface area (Å²) in [7, 11) is -4.25. The molecular formula is C21H30N2O5S. The van der Waals surface area contributed by atoms with Gasteiger partial charge in [-0.1, -0.05) is 45.9 Å². The van der Waals surface area contributed by atoms with Crippen LogP contribution in [-0.2, 0) is 15.6 Å². The van der Waals surface area contributed by atoms with Crippen molar-refractivity contribution in [2.75, 3.05) is 5.32 Å². The molecule has 29 heavy (non-hydrogen) atoms. The number of hydrogen-bond acceptors (Lipinski definition) is 5. The highest BCUT2D eigenvalue weighted by Crippen LogP contribution is 2.32. The number of carbonyl (C=O) groups excluding carboxylic acids is 1. The molecule has 3 N–H and O–H groups in total. The first-order valence-electron chi connectivity index (χ1n) is 9.54. The Bertz CT molecular complexity index is 972.